The Hall–Kier alpha value is -1.57. The van der Waals surface area contributed by atoms with Crippen molar-refractivity contribution in [2.45, 2.75) is 25.1 Å². The van der Waals surface area contributed by atoms with E-state index in [9.17, 15) is 22.8 Å². The van der Waals surface area contributed by atoms with Gasteiger partial charge in [-0.2, -0.15) is 13.2 Å². The molecule has 0 rings (SSSR count). The molecule has 0 bridgehead atoms. The van der Waals surface area contributed by atoms with Crippen LogP contribution in [0.5, 0.6) is 0 Å². The minimum atomic E-state index is -4.56. The number of methoxy groups -OCH3 is 1. The average molecular weight is 282 g/mol. The summed E-state index contributed by atoms with van der Waals surface area (Å²) in [4.78, 5) is 23.1. The zero-order chi connectivity index (χ0) is 15.1. The predicted octanol–water partition coefficient (Wildman–Crippen LogP) is 0.844. The Bertz CT molecular complexity index is 332. The van der Waals surface area contributed by atoms with Gasteiger partial charge in [-0.05, 0) is 6.42 Å². The van der Waals surface area contributed by atoms with E-state index in [1.807, 2.05) is 0 Å². The van der Waals surface area contributed by atoms with Crippen LogP contribution in [0.15, 0.2) is 12.7 Å². The molecule has 1 unspecified atom stereocenters. The first-order valence-corrected chi connectivity index (χ1v) is 5.50. The zero-order valence-corrected chi connectivity index (χ0v) is 10.6. The molecule has 0 aromatic heterocycles. The molecule has 0 saturated heterocycles. The first-order valence-electron chi connectivity index (χ1n) is 5.50. The van der Waals surface area contributed by atoms with E-state index in [0.29, 0.717) is 4.90 Å². The van der Waals surface area contributed by atoms with E-state index in [1.165, 1.54) is 6.08 Å². The van der Waals surface area contributed by atoms with Crippen molar-refractivity contribution in [3.8, 4) is 0 Å². The standard InChI is InChI=1S/C11H17F3N2O3/c1-3-4-8(15)10(18)16(7-11(12,13)14)6-5-9(17)19-2/h3,8H,1,4-7,15H2,2H3. The fraction of sp³-hybridized carbons (Fsp3) is 0.636. The van der Waals surface area contributed by atoms with Gasteiger partial charge >= 0.3 is 12.1 Å². The number of halogens is 3. The summed E-state index contributed by atoms with van der Waals surface area (Å²) in [6.45, 7) is 1.51. The summed E-state index contributed by atoms with van der Waals surface area (Å²) in [5.74, 6) is -1.57. The van der Waals surface area contributed by atoms with E-state index in [2.05, 4.69) is 11.3 Å². The van der Waals surface area contributed by atoms with Crippen LogP contribution in [0.3, 0.4) is 0 Å². The van der Waals surface area contributed by atoms with Gasteiger partial charge in [0.1, 0.15) is 6.54 Å². The summed E-state index contributed by atoms with van der Waals surface area (Å²) in [6.07, 6.45) is -3.47. The Labute approximate surface area is 109 Å². The molecule has 0 aromatic carbocycles. The molecule has 0 aliphatic heterocycles. The summed E-state index contributed by atoms with van der Waals surface area (Å²) in [5.41, 5.74) is 5.44. The van der Waals surface area contributed by atoms with Crippen molar-refractivity contribution in [1.82, 2.24) is 4.90 Å². The number of carbonyl (C=O) groups is 2. The van der Waals surface area contributed by atoms with Gasteiger partial charge in [-0.15, -0.1) is 6.58 Å². The molecule has 0 fully saturated rings. The normalized spacial score (nSPS) is 12.7. The van der Waals surface area contributed by atoms with Crippen LogP contribution in [0.25, 0.3) is 0 Å². The second-order valence-corrected chi connectivity index (χ2v) is 3.83. The quantitative estimate of drug-likeness (QED) is 0.555. The number of amides is 1. The highest BCUT2D eigenvalue weighted by Gasteiger charge is 2.34. The lowest BCUT2D eigenvalue weighted by atomic mass is 10.2. The van der Waals surface area contributed by atoms with Gasteiger partial charge in [-0.25, -0.2) is 0 Å². The number of hydrogen-bond donors (Lipinski definition) is 1. The second kappa shape index (κ2) is 7.78. The summed E-state index contributed by atoms with van der Waals surface area (Å²) < 4.78 is 41.4. The van der Waals surface area contributed by atoms with Crippen LogP contribution in [0, 0.1) is 0 Å². The van der Waals surface area contributed by atoms with Crippen LogP contribution in [0.4, 0.5) is 13.2 Å². The third-order valence-electron chi connectivity index (χ3n) is 2.23. The van der Waals surface area contributed by atoms with Crippen LogP contribution in [0.2, 0.25) is 0 Å². The van der Waals surface area contributed by atoms with Crippen LogP contribution >= 0.6 is 0 Å². The van der Waals surface area contributed by atoms with Crippen molar-refractivity contribution in [1.29, 1.82) is 0 Å². The van der Waals surface area contributed by atoms with E-state index in [0.717, 1.165) is 7.11 Å². The zero-order valence-electron chi connectivity index (χ0n) is 10.6. The number of alkyl halides is 3. The highest BCUT2D eigenvalue weighted by molar-refractivity contribution is 5.82. The first kappa shape index (κ1) is 17.4. The lowest BCUT2D eigenvalue weighted by molar-refractivity contribution is -0.163. The molecule has 5 nitrogen and oxygen atoms in total. The Kier molecular flexibility index (Phi) is 7.13. The van der Waals surface area contributed by atoms with Gasteiger partial charge in [0, 0.05) is 6.54 Å². The average Bonchev–Trinajstić information content (AvgIpc) is 2.31. The molecule has 0 aliphatic rings. The first-order chi connectivity index (χ1) is 8.71. The highest BCUT2D eigenvalue weighted by atomic mass is 19.4. The predicted molar refractivity (Wildman–Crippen MR) is 62.1 cm³/mol. The Morgan fingerprint density at radius 2 is 2.05 bits per heavy atom. The number of ether oxygens (including phenoxy) is 1. The SMILES string of the molecule is C=CCC(N)C(=O)N(CCC(=O)OC)CC(F)(F)F. The molecule has 0 aromatic rings. The maximum atomic E-state index is 12.4. The van der Waals surface area contributed by atoms with Gasteiger partial charge in [0.15, 0.2) is 0 Å². The van der Waals surface area contributed by atoms with Crippen molar-refractivity contribution in [2.24, 2.45) is 5.73 Å². The van der Waals surface area contributed by atoms with Gasteiger partial charge in [-0.3, -0.25) is 9.59 Å². The lowest BCUT2D eigenvalue weighted by Gasteiger charge is -2.26. The Morgan fingerprint density at radius 1 is 1.47 bits per heavy atom. The van der Waals surface area contributed by atoms with E-state index in [4.69, 9.17) is 5.73 Å². The van der Waals surface area contributed by atoms with Crippen LogP contribution < -0.4 is 5.73 Å². The largest absolute Gasteiger partial charge is 0.469 e. The fourth-order valence-corrected chi connectivity index (χ4v) is 1.33. The molecule has 2 N–H and O–H groups in total. The summed E-state index contributed by atoms with van der Waals surface area (Å²) in [7, 11) is 1.11. The number of rotatable bonds is 7. The summed E-state index contributed by atoms with van der Waals surface area (Å²) in [5, 5.41) is 0. The summed E-state index contributed by atoms with van der Waals surface area (Å²) >= 11 is 0. The smallest absolute Gasteiger partial charge is 0.406 e. The number of carbonyl (C=O) groups excluding carboxylic acids is 2. The van der Waals surface area contributed by atoms with Gasteiger partial charge < -0.3 is 15.4 Å². The fourth-order valence-electron chi connectivity index (χ4n) is 1.33. The molecule has 1 atom stereocenters. The highest BCUT2D eigenvalue weighted by Crippen LogP contribution is 2.17. The van der Waals surface area contributed by atoms with Crippen molar-refractivity contribution >= 4 is 11.9 Å². The maximum absolute atomic E-state index is 12.4. The Morgan fingerprint density at radius 3 is 2.47 bits per heavy atom. The second-order valence-electron chi connectivity index (χ2n) is 3.83. The maximum Gasteiger partial charge on any atom is 0.406 e. The number of esters is 1. The van der Waals surface area contributed by atoms with Crippen LogP contribution in [-0.2, 0) is 14.3 Å². The van der Waals surface area contributed by atoms with Gasteiger partial charge in [0.25, 0.3) is 0 Å². The van der Waals surface area contributed by atoms with Gasteiger partial charge in [0.05, 0.1) is 19.6 Å². The topological polar surface area (TPSA) is 72.6 Å². The molecule has 0 aliphatic carbocycles. The molecule has 0 radical (unpaired) electrons. The van der Waals surface area contributed by atoms with Crippen LogP contribution in [-0.4, -0.2) is 49.2 Å². The molecular formula is C11H17F3N2O3. The van der Waals surface area contributed by atoms with Crippen LogP contribution in [0.1, 0.15) is 12.8 Å². The molecule has 1 amide bonds. The molecule has 0 heterocycles. The number of nitrogens with zero attached hydrogens (tertiary/aromatic N) is 1. The third-order valence-corrected chi connectivity index (χ3v) is 2.23. The summed E-state index contributed by atoms with van der Waals surface area (Å²) in [6, 6.07) is -1.10. The van der Waals surface area contributed by atoms with Crippen molar-refractivity contribution < 1.29 is 27.5 Å². The molecule has 0 spiro atoms. The molecule has 110 valence electrons. The molecule has 0 saturated carbocycles. The van der Waals surface area contributed by atoms with E-state index < -0.39 is 37.2 Å². The number of hydrogen-bond acceptors (Lipinski definition) is 4. The number of nitrogens with two attached hydrogens (primary N) is 1. The third kappa shape index (κ3) is 7.45. The lowest BCUT2D eigenvalue weighted by Crippen LogP contribution is -2.48. The monoisotopic (exact) mass is 282 g/mol. The van der Waals surface area contributed by atoms with Crippen molar-refractivity contribution in [2.75, 3.05) is 20.2 Å². The van der Waals surface area contributed by atoms with Gasteiger partial charge in [-0.1, -0.05) is 6.08 Å². The molecular weight excluding hydrogens is 265 g/mol. The molecule has 19 heavy (non-hydrogen) atoms. The minimum Gasteiger partial charge on any atom is -0.469 e. The van der Waals surface area contributed by atoms with Crippen molar-refractivity contribution in [3.63, 3.8) is 0 Å². The van der Waals surface area contributed by atoms with Crippen molar-refractivity contribution in [3.05, 3.63) is 12.7 Å². The molecule has 8 heteroatoms. The van der Waals surface area contributed by atoms with E-state index >= 15 is 0 Å². The van der Waals surface area contributed by atoms with E-state index in [1.54, 1.807) is 0 Å². The van der Waals surface area contributed by atoms with E-state index in [-0.39, 0.29) is 12.8 Å². The minimum absolute atomic E-state index is 0.0609. The van der Waals surface area contributed by atoms with Gasteiger partial charge in [0.2, 0.25) is 5.91 Å². The Balaban J connectivity index is 4.70.